The van der Waals surface area contributed by atoms with Crippen LogP contribution in [0.2, 0.25) is 0 Å². The lowest BCUT2D eigenvalue weighted by molar-refractivity contribution is 0.669. The normalized spacial score (nSPS) is 11.7. The Balaban J connectivity index is 0.000000104. The molecule has 17 aromatic carbocycles. The van der Waals surface area contributed by atoms with E-state index in [4.69, 9.17) is 4.42 Å². The maximum absolute atomic E-state index is 6.33. The zero-order chi connectivity index (χ0) is 71.2. The van der Waals surface area contributed by atoms with Gasteiger partial charge in [-0.2, -0.15) is 0 Å². The lowest BCUT2D eigenvalue weighted by atomic mass is 10.0. The lowest BCUT2D eigenvalue weighted by Crippen LogP contribution is -1.95. The zero-order valence-corrected chi connectivity index (χ0v) is 58.8. The topological polar surface area (TPSA) is 37.8 Å². The Morgan fingerprint density at radius 3 is 0.676 bits per heavy atom. The highest BCUT2D eigenvalue weighted by molar-refractivity contribution is 6.15. The van der Waals surface area contributed by atoms with Gasteiger partial charge in [0.2, 0.25) is 0 Å². The summed E-state index contributed by atoms with van der Waals surface area (Å²) in [6.07, 6.45) is 0. The van der Waals surface area contributed by atoms with Crippen molar-refractivity contribution in [1.29, 1.82) is 0 Å². The molecule has 6 heteroatoms. The van der Waals surface area contributed by atoms with Crippen molar-refractivity contribution in [2.45, 2.75) is 0 Å². The first-order valence-corrected chi connectivity index (χ1v) is 37.0. The third-order valence-corrected chi connectivity index (χ3v) is 21.8. The predicted molar refractivity (Wildman–Crippen MR) is 455 cm³/mol. The van der Waals surface area contributed by atoms with Crippen LogP contribution < -0.4 is 0 Å². The van der Waals surface area contributed by atoms with E-state index in [0.717, 1.165) is 33.3 Å². The molecule has 23 aromatic rings. The second-order valence-electron chi connectivity index (χ2n) is 27.9. The van der Waals surface area contributed by atoms with Crippen molar-refractivity contribution >= 4 is 131 Å². The number of rotatable bonds is 8. The number of hydrogen-bond donors (Lipinski definition) is 0. The van der Waals surface area contributed by atoms with Gasteiger partial charge in [-0.25, -0.2) is 0 Å². The van der Waals surface area contributed by atoms with Gasteiger partial charge in [0.1, 0.15) is 11.2 Å². The molecule has 0 aliphatic carbocycles. The number of furan rings is 1. The minimum absolute atomic E-state index is 0.897. The van der Waals surface area contributed by atoms with Gasteiger partial charge in [-0.1, -0.05) is 261 Å². The molecule has 23 rings (SSSR count). The molecule has 0 radical (unpaired) electrons. The summed E-state index contributed by atoms with van der Waals surface area (Å²) in [5, 5.41) is 15.0. The number of nitrogens with zero attached hydrogens (tertiary/aromatic N) is 5. The fourth-order valence-corrected chi connectivity index (χ4v) is 17.0. The fourth-order valence-electron chi connectivity index (χ4n) is 17.0. The van der Waals surface area contributed by atoms with E-state index in [9.17, 15) is 0 Å². The number of benzene rings is 17. The van der Waals surface area contributed by atoms with E-state index in [-0.39, 0.29) is 0 Å². The molecule has 506 valence electrons. The van der Waals surface area contributed by atoms with Crippen LogP contribution in [-0.2, 0) is 0 Å². The number of hydrogen-bond acceptors (Lipinski definition) is 1. The Hall–Kier alpha value is -14.5. The van der Waals surface area contributed by atoms with Gasteiger partial charge < -0.3 is 27.3 Å². The van der Waals surface area contributed by atoms with Crippen molar-refractivity contribution in [2.75, 3.05) is 0 Å². The van der Waals surface area contributed by atoms with Crippen molar-refractivity contribution in [1.82, 2.24) is 22.8 Å². The molecule has 0 saturated carbocycles. The SMILES string of the molecule is c1cc(-c2cccc(-n3c4ccccc4c4ccccc43)c2)cc(-n2c3ccccc3c3ccccc32)c1.c1ccc(-c2ccc3c(c2)c2cc(-c4ccccc4)ccc2n3-c2ccccc2)cc1.c1ccc2c(c1)c1ccccc1n2-c1ccc2oc3ccc(-n4c5ccccc5c5ccccc54)cc3c2c1. The minimum atomic E-state index is 0.897. The monoisotopic (exact) mass is 1380 g/mol. The van der Waals surface area contributed by atoms with Crippen LogP contribution in [0, 0.1) is 0 Å². The second-order valence-corrected chi connectivity index (χ2v) is 27.9. The van der Waals surface area contributed by atoms with E-state index >= 15 is 0 Å². The smallest absolute Gasteiger partial charge is 0.135 e. The molecule has 108 heavy (non-hydrogen) atoms. The lowest BCUT2D eigenvalue weighted by Gasteiger charge is -2.12. The van der Waals surface area contributed by atoms with Crippen molar-refractivity contribution in [3.63, 3.8) is 0 Å². The molecule has 0 spiro atoms. The maximum Gasteiger partial charge on any atom is 0.135 e. The Morgan fingerprint density at radius 1 is 0.130 bits per heavy atom. The van der Waals surface area contributed by atoms with Gasteiger partial charge in [0.05, 0.1) is 55.2 Å². The summed E-state index contributed by atoms with van der Waals surface area (Å²) in [4.78, 5) is 0. The number of aromatic nitrogens is 5. The first-order chi connectivity index (χ1) is 53.6. The summed E-state index contributed by atoms with van der Waals surface area (Å²) in [7, 11) is 0. The standard InChI is InChI=1S/C36H22N2O.C36H24N2.C30H21N/c1-5-13-31-25(9-1)26-10-2-6-14-32(26)37(31)23-17-19-35-29(21-23)30-22-24(18-20-36(30)39-35)38-33-15-7-3-11-27(33)28-12-4-8-16-34(28)38;1-5-19-33-29(15-1)30-16-2-6-20-34(30)37(33)27-13-9-11-25(23-27)26-12-10-14-28(24-26)38-35-21-7-3-17-31(35)32-18-4-8-22-36(32)38;1-4-10-22(11-5-1)24-16-18-29-27(20-24)28-21-25(23-12-6-2-7-13-23)17-19-30(28)31(29)26-14-8-3-9-15-26/h1-22H;1-24H;1-21H. The third-order valence-electron chi connectivity index (χ3n) is 21.8. The van der Waals surface area contributed by atoms with Crippen molar-refractivity contribution < 1.29 is 4.42 Å². The Bertz CT molecular complexity index is 6800. The van der Waals surface area contributed by atoms with Gasteiger partial charge in [-0.05, 0) is 179 Å². The molecule has 0 amide bonds. The fraction of sp³-hybridized carbons (Fsp3) is 0. The molecular weight excluding hydrogens is 1310 g/mol. The molecule has 0 saturated heterocycles. The summed E-state index contributed by atoms with van der Waals surface area (Å²) in [6, 6.07) is 146. The second kappa shape index (κ2) is 25.7. The summed E-state index contributed by atoms with van der Waals surface area (Å²) in [5.74, 6) is 0. The Morgan fingerprint density at radius 2 is 0.361 bits per heavy atom. The largest absolute Gasteiger partial charge is 0.456 e. The van der Waals surface area contributed by atoms with E-state index in [2.05, 4.69) is 429 Å². The number of para-hydroxylation sites is 9. The van der Waals surface area contributed by atoms with Crippen molar-refractivity contribution in [2.24, 2.45) is 0 Å². The van der Waals surface area contributed by atoms with Crippen LogP contribution in [0.15, 0.2) is 411 Å². The molecule has 0 unspecified atom stereocenters. The molecular formula is C102H67N5O. The zero-order valence-electron chi connectivity index (χ0n) is 58.8. The van der Waals surface area contributed by atoms with Crippen molar-refractivity contribution in [3.8, 4) is 61.8 Å². The van der Waals surface area contributed by atoms with E-state index in [0.29, 0.717) is 0 Å². The van der Waals surface area contributed by atoms with E-state index in [1.165, 1.54) is 159 Å². The molecule has 0 aliphatic heterocycles. The summed E-state index contributed by atoms with van der Waals surface area (Å²) >= 11 is 0. The predicted octanol–water partition coefficient (Wildman–Crippen LogP) is 27.4. The maximum atomic E-state index is 6.33. The molecule has 6 aromatic heterocycles. The Labute approximate surface area is 622 Å². The molecule has 6 nitrogen and oxygen atoms in total. The molecule has 6 heterocycles. The van der Waals surface area contributed by atoms with Gasteiger partial charge in [-0.3, -0.25) is 0 Å². The van der Waals surface area contributed by atoms with Gasteiger partial charge in [-0.15, -0.1) is 0 Å². The van der Waals surface area contributed by atoms with E-state index in [1.807, 2.05) is 0 Å². The van der Waals surface area contributed by atoms with Crippen LogP contribution in [0.1, 0.15) is 0 Å². The van der Waals surface area contributed by atoms with Crippen LogP contribution in [0.3, 0.4) is 0 Å². The van der Waals surface area contributed by atoms with Crippen LogP contribution in [-0.4, -0.2) is 22.8 Å². The molecule has 0 atom stereocenters. The average Bonchev–Trinajstić information content (AvgIpc) is 1.57. The van der Waals surface area contributed by atoms with Gasteiger partial charge in [0, 0.05) is 93.1 Å². The van der Waals surface area contributed by atoms with Gasteiger partial charge in [0.15, 0.2) is 0 Å². The van der Waals surface area contributed by atoms with E-state index in [1.54, 1.807) is 0 Å². The Kier molecular flexibility index (Phi) is 14.8. The highest BCUT2D eigenvalue weighted by Gasteiger charge is 2.21. The minimum Gasteiger partial charge on any atom is -0.456 e. The molecule has 0 aliphatic rings. The first kappa shape index (κ1) is 62.1. The first-order valence-electron chi connectivity index (χ1n) is 37.0. The average molecular weight is 1380 g/mol. The van der Waals surface area contributed by atoms with Gasteiger partial charge >= 0.3 is 0 Å². The molecule has 0 N–H and O–H groups in total. The highest BCUT2D eigenvalue weighted by atomic mass is 16.3. The summed E-state index contributed by atoms with van der Waals surface area (Å²) in [6.45, 7) is 0. The molecule has 0 bridgehead atoms. The summed E-state index contributed by atoms with van der Waals surface area (Å²) < 4.78 is 18.2. The number of fused-ring (bicyclic) bond motifs is 18. The summed E-state index contributed by atoms with van der Waals surface area (Å²) in [5.41, 5.74) is 27.1. The van der Waals surface area contributed by atoms with Crippen LogP contribution in [0.25, 0.3) is 193 Å². The third kappa shape index (κ3) is 10.3. The van der Waals surface area contributed by atoms with Crippen LogP contribution in [0.4, 0.5) is 0 Å². The van der Waals surface area contributed by atoms with Crippen molar-refractivity contribution in [3.05, 3.63) is 406 Å². The molecule has 0 fully saturated rings. The van der Waals surface area contributed by atoms with E-state index < -0.39 is 0 Å². The highest BCUT2D eigenvalue weighted by Crippen LogP contribution is 2.42. The van der Waals surface area contributed by atoms with Gasteiger partial charge in [0.25, 0.3) is 0 Å². The quantitative estimate of drug-likeness (QED) is 0.149. The van der Waals surface area contributed by atoms with Crippen LogP contribution in [0.5, 0.6) is 0 Å². The van der Waals surface area contributed by atoms with Crippen LogP contribution >= 0.6 is 0 Å².